The molecule has 21 heavy (non-hydrogen) atoms. The third kappa shape index (κ3) is 4.43. The molecule has 2 N–H and O–H groups in total. The monoisotopic (exact) mass is 313 g/mol. The average Bonchev–Trinajstić information content (AvgIpc) is 2.48. The molecule has 1 aromatic rings. The predicted molar refractivity (Wildman–Crippen MR) is 80.8 cm³/mol. The first-order chi connectivity index (χ1) is 10.0. The van der Waals surface area contributed by atoms with Gasteiger partial charge in [0.25, 0.3) is 0 Å². The van der Waals surface area contributed by atoms with Gasteiger partial charge in [0.1, 0.15) is 5.75 Å². The van der Waals surface area contributed by atoms with E-state index in [1.54, 1.807) is 12.1 Å². The van der Waals surface area contributed by atoms with Crippen molar-refractivity contribution in [3.8, 4) is 5.75 Å². The summed E-state index contributed by atoms with van der Waals surface area (Å²) in [6, 6.07) is 5.98. The Morgan fingerprint density at radius 3 is 2.52 bits per heavy atom. The zero-order chi connectivity index (χ0) is 15.3. The molecule has 0 radical (unpaired) electrons. The molecule has 2 rings (SSSR count). The van der Waals surface area contributed by atoms with E-state index >= 15 is 0 Å². The summed E-state index contributed by atoms with van der Waals surface area (Å²) in [4.78, 5) is 0.198. The maximum absolute atomic E-state index is 12.3. The highest BCUT2D eigenvalue weighted by Gasteiger charge is 2.28. The Balaban J connectivity index is 2.04. The Kier molecular flexibility index (Phi) is 5.61. The van der Waals surface area contributed by atoms with Crippen LogP contribution >= 0.6 is 0 Å². The third-order valence-corrected chi connectivity index (χ3v) is 5.15. The lowest BCUT2D eigenvalue weighted by Gasteiger charge is -2.28. The van der Waals surface area contributed by atoms with E-state index in [4.69, 9.17) is 4.74 Å². The fraction of sp³-hybridized carbons (Fsp3) is 0.600. The molecule has 0 spiro atoms. The van der Waals surface area contributed by atoms with Crippen molar-refractivity contribution < 1.29 is 18.3 Å². The van der Waals surface area contributed by atoms with Crippen molar-refractivity contribution in [1.82, 2.24) is 4.72 Å². The number of aliphatic hydroxyl groups excluding tert-OH is 1. The van der Waals surface area contributed by atoms with Crippen LogP contribution in [0.5, 0.6) is 5.75 Å². The van der Waals surface area contributed by atoms with Crippen LogP contribution in [0.3, 0.4) is 0 Å². The van der Waals surface area contributed by atoms with E-state index in [0.29, 0.717) is 25.2 Å². The van der Waals surface area contributed by atoms with Gasteiger partial charge >= 0.3 is 0 Å². The highest BCUT2D eigenvalue weighted by Crippen LogP contribution is 2.21. The quantitative estimate of drug-likeness (QED) is 0.843. The van der Waals surface area contributed by atoms with Gasteiger partial charge in [-0.25, -0.2) is 13.1 Å². The number of benzene rings is 1. The molecule has 0 heterocycles. The number of ether oxygens (including phenoxy) is 1. The Bertz CT molecular complexity index is 541. The Morgan fingerprint density at radius 2 is 1.90 bits per heavy atom. The van der Waals surface area contributed by atoms with E-state index in [1.165, 1.54) is 12.1 Å². The SMILES string of the molecule is CCCOc1ccc(S(=O)(=O)NC2CCCCC2O)cc1. The van der Waals surface area contributed by atoms with E-state index in [0.717, 1.165) is 19.3 Å². The van der Waals surface area contributed by atoms with Gasteiger partial charge in [-0.05, 0) is 43.5 Å². The first kappa shape index (κ1) is 16.3. The zero-order valence-corrected chi connectivity index (χ0v) is 13.1. The summed E-state index contributed by atoms with van der Waals surface area (Å²) in [5.41, 5.74) is 0. The minimum Gasteiger partial charge on any atom is -0.494 e. The molecule has 1 saturated carbocycles. The first-order valence-corrected chi connectivity index (χ1v) is 8.94. The van der Waals surface area contributed by atoms with Crippen LogP contribution in [0.4, 0.5) is 0 Å². The molecule has 2 unspecified atom stereocenters. The smallest absolute Gasteiger partial charge is 0.240 e. The predicted octanol–water partition coefficient (Wildman–Crippen LogP) is 2.06. The maximum Gasteiger partial charge on any atom is 0.240 e. The molecule has 0 aliphatic heterocycles. The van der Waals surface area contributed by atoms with Crippen LogP contribution in [0.15, 0.2) is 29.2 Å². The summed E-state index contributed by atoms with van der Waals surface area (Å²) in [6.45, 7) is 2.62. The van der Waals surface area contributed by atoms with Crippen LogP contribution in [0.25, 0.3) is 0 Å². The number of hydrogen-bond acceptors (Lipinski definition) is 4. The van der Waals surface area contributed by atoms with Gasteiger partial charge in [0.05, 0.1) is 17.6 Å². The maximum atomic E-state index is 12.3. The van der Waals surface area contributed by atoms with Crippen LogP contribution in [0.2, 0.25) is 0 Å². The van der Waals surface area contributed by atoms with E-state index in [1.807, 2.05) is 6.92 Å². The Hall–Kier alpha value is -1.11. The van der Waals surface area contributed by atoms with Gasteiger partial charge in [0, 0.05) is 6.04 Å². The van der Waals surface area contributed by atoms with Crippen molar-refractivity contribution in [3.63, 3.8) is 0 Å². The molecule has 1 aliphatic carbocycles. The molecule has 0 amide bonds. The number of aliphatic hydroxyl groups is 1. The van der Waals surface area contributed by atoms with Crippen LogP contribution in [0, 0.1) is 0 Å². The van der Waals surface area contributed by atoms with Crippen molar-refractivity contribution in [2.75, 3.05) is 6.61 Å². The summed E-state index contributed by atoms with van der Waals surface area (Å²) in [5, 5.41) is 9.87. The second-order valence-electron chi connectivity index (χ2n) is 5.40. The van der Waals surface area contributed by atoms with Crippen molar-refractivity contribution >= 4 is 10.0 Å². The minimum atomic E-state index is -3.60. The van der Waals surface area contributed by atoms with Gasteiger partial charge in [-0.1, -0.05) is 19.8 Å². The molecule has 118 valence electrons. The molecule has 0 aromatic heterocycles. The molecule has 1 aliphatic rings. The van der Waals surface area contributed by atoms with E-state index in [-0.39, 0.29) is 10.9 Å². The van der Waals surface area contributed by atoms with Crippen molar-refractivity contribution in [1.29, 1.82) is 0 Å². The van der Waals surface area contributed by atoms with Crippen LogP contribution in [0.1, 0.15) is 39.0 Å². The average molecular weight is 313 g/mol. The number of hydrogen-bond donors (Lipinski definition) is 2. The molecule has 1 fully saturated rings. The number of sulfonamides is 1. The molecule has 5 nitrogen and oxygen atoms in total. The highest BCUT2D eigenvalue weighted by molar-refractivity contribution is 7.89. The summed E-state index contributed by atoms with van der Waals surface area (Å²) >= 11 is 0. The lowest BCUT2D eigenvalue weighted by molar-refractivity contribution is 0.101. The number of rotatable bonds is 6. The fourth-order valence-electron chi connectivity index (χ4n) is 2.45. The lowest BCUT2D eigenvalue weighted by Crippen LogP contribution is -2.44. The minimum absolute atomic E-state index is 0.198. The fourth-order valence-corrected chi connectivity index (χ4v) is 3.75. The van der Waals surface area contributed by atoms with Crippen molar-refractivity contribution in [2.45, 2.75) is 56.1 Å². The zero-order valence-electron chi connectivity index (χ0n) is 12.3. The summed E-state index contributed by atoms with van der Waals surface area (Å²) in [7, 11) is -3.60. The largest absolute Gasteiger partial charge is 0.494 e. The van der Waals surface area contributed by atoms with Gasteiger partial charge < -0.3 is 9.84 Å². The van der Waals surface area contributed by atoms with Crippen LogP contribution in [-0.4, -0.2) is 32.3 Å². The van der Waals surface area contributed by atoms with Crippen LogP contribution in [-0.2, 0) is 10.0 Å². The molecule has 6 heteroatoms. The van der Waals surface area contributed by atoms with E-state index < -0.39 is 16.1 Å². The Labute approximate surface area is 126 Å². The normalized spacial score (nSPS) is 23.0. The first-order valence-electron chi connectivity index (χ1n) is 7.46. The van der Waals surface area contributed by atoms with Gasteiger partial charge in [0.2, 0.25) is 10.0 Å². The lowest BCUT2D eigenvalue weighted by atomic mass is 9.93. The van der Waals surface area contributed by atoms with Gasteiger partial charge in [-0.3, -0.25) is 0 Å². The molecular formula is C15H23NO4S. The van der Waals surface area contributed by atoms with Crippen LogP contribution < -0.4 is 9.46 Å². The van der Waals surface area contributed by atoms with Gasteiger partial charge in [-0.2, -0.15) is 0 Å². The standard InChI is InChI=1S/C15H23NO4S/c1-2-11-20-12-7-9-13(10-8-12)21(18,19)16-14-5-3-4-6-15(14)17/h7-10,14-17H,2-6,11H2,1H3. The number of nitrogens with one attached hydrogen (secondary N) is 1. The topological polar surface area (TPSA) is 75.6 Å². The van der Waals surface area contributed by atoms with Gasteiger partial charge in [0.15, 0.2) is 0 Å². The summed E-state index contributed by atoms with van der Waals surface area (Å²) in [6.07, 6.45) is 3.52. The second kappa shape index (κ2) is 7.24. The molecule has 0 bridgehead atoms. The Morgan fingerprint density at radius 1 is 1.24 bits per heavy atom. The van der Waals surface area contributed by atoms with E-state index in [2.05, 4.69) is 4.72 Å². The molecular weight excluding hydrogens is 290 g/mol. The highest BCUT2D eigenvalue weighted by atomic mass is 32.2. The van der Waals surface area contributed by atoms with Crippen molar-refractivity contribution in [3.05, 3.63) is 24.3 Å². The summed E-state index contributed by atoms with van der Waals surface area (Å²) < 4.78 is 32.7. The molecule has 2 atom stereocenters. The summed E-state index contributed by atoms with van der Waals surface area (Å²) in [5.74, 6) is 0.661. The third-order valence-electron chi connectivity index (χ3n) is 3.64. The van der Waals surface area contributed by atoms with Crippen molar-refractivity contribution in [2.24, 2.45) is 0 Å². The molecule has 1 aromatic carbocycles. The molecule has 0 saturated heterocycles. The van der Waals surface area contributed by atoms with E-state index in [9.17, 15) is 13.5 Å². The second-order valence-corrected chi connectivity index (χ2v) is 7.11. The van der Waals surface area contributed by atoms with Gasteiger partial charge in [-0.15, -0.1) is 0 Å².